The Balaban J connectivity index is 4.82. The fraction of sp³-hybridized carbons (Fsp3) is 0.364. The Morgan fingerprint density at radius 2 is 2.08 bits per heavy atom. The van der Waals surface area contributed by atoms with Crippen molar-refractivity contribution in [2.45, 2.75) is 27.2 Å². The van der Waals surface area contributed by atoms with Gasteiger partial charge in [-0.15, -0.1) is 0 Å². The summed E-state index contributed by atoms with van der Waals surface area (Å²) in [6, 6.07) is 0. The summed E-state index contributed by atoms with van der Waals surface area (Å²) in [5, 5.41) is 7.52. The van der Waals surface area contributed by atoms with Crippen LogP contribution in [0.1, 0.15) is 27.2 Å². The molecule has 0 saturated heterocycles. The van der Waals surface area contributed by atoms with Crippen molar-refractivity contribution in [3.63, 3.8) is 0 Å². The number of rotatable bonds is 4. The highest BCUT2D eigenvalue weighted by Gasteiger charge is 2.02. The highest BCUT2D eigenvalue weighted by molar-refractivity contribution is 5.99. The van der Waals surface area contributed by atoms with Crippen LogP contribution in [-0.2, 0) is 0 Å². The Morgan fingerprint density at radius 1 is 1.50 bits per heavy atom. The molecule has 0 aromatic rings. The van der Waals surface area contributed by atoms with Crippen molar-refractivity contribution in [1.82, 2.24) is 0 Å². The number of hydrogen-bond donors (Lipinski definition) is 1. The topological polar surface area (TPSA) is 23.9 Å². The van der Waals surface area contributed by atoms with Gasteiger partial charge >= 0.3 is 0 Å². The molecular formula is C11H17N. The molecule has 0 aromatic carbocycles. The predicted molar refractivity (Wildman–Crippen MR) is 55.7 cm³/mol. The van der Waals surface area contributed by atoms with E-state index in [9.17, 15) is 0 Å². The van der Waals surface area contributed by atoms with Crippen molar-refractivity contribution in [1.29, 1.82) is 5.41 Å². The standard InChI is InChI=1S/C11H17N/c1-5-8-10(6-2)11(7-3)9(4)12/h5,7-8,12H,1,6H2,2-4H3/b10-8-,11-7-,12-9?. The summed E-state index contributed by atoms with van der Waals surface area (Å²) >= 11 is 0. The van der Waals surface area contributed by atoms with Crippen LogP contribution in [0.2, 0.25) is 0 Å². The molecule has 0 aliphatic carbocycles. The van der Waals surface area contributed by atoms with E-state index in [-0.39, 0.29) is 0 Å². The van der Waals surface area contributed by atoms with Gasteiger partial charge in [0.15, 0.2) is 0 Å². The van der Waals surface area contributed by atoms with Crippen LogP contribution in [0.25, 0.3) is 0 Å². The van der Waals surface area contributed by atoms with Crippen LogP contribution < -0.4 is 0 Å². The molecule has 1 nitrogen and oxygen atoms in total. The molecule has 0 spiro atoms. The molecule has 1 N–H and O–H groups in total. The van der Waals surface area contributed by atoms with Gasteiger partial charge in [0, 0.05) is 5.71 Å². The number of nitrogens with one attached hydrogen (secondary N) is 1. The minimum absolute atomic E-state index is 0.618. The Bertz CT molecular complexity index is 231. The molecule has 0 amide bonds. The lowest BCUT2D eigenvalue weighted by atomic mass is 9.99. The van der Waals surface area contributed by atoms with Crippen molar-refractivity contribution in [3.05, 3.63) is 36.0 Å². The molecule has 0 unspecified atom stereocenters. The summed E-state index contributed by atoms with van der Waals surface area (Å²) in [4.78, 5) is 0. The molecule has 0 bridgehead atoms. The van der Waals surface area contributed by atoms with Gasteiger partial charge in [0.25, 0.3) is 0 Å². The lowest BCUT2D eigenvalue weighted by molar-refractivity contribution is 1.12. The third kappa shape index (κ3) is 2.87. The monoisotopic (exact) mass is 163 g/mol. The highest BCUT2D eigenvalue weighted by atomic mass is 14.4. The van der Waals surface area contributed by atoms with Gasteiger partial charge in [0.2, 0.25) is 0 Å². The molecule has 0 fully saturated rings. The van der Waals surface area contributed by atoms with E-state index < -0.39 is 0 Å². The first-order valence-electron chi connectivity index (χ1n) is 4.21. The molecule has 0 rings (SSSR count). The highest BCUT2D eigenvalue weighted by Crippen LogP contribution is 2.14. The van der Waals surface area contributed by atoms with Gasteiger partial charge in [-0.3, -0.25) is 0 Å². The maximum Gasteiger partial charge on any atom is 0.0354 e. The second kappa shape index (κ2) is 5.53. The summed E-state index contributed by atoms with van der Waals surface area (Å²) < 4.78 is 0. The summed E-state index contributed by atoms with van der Waals surface area (Å²) in [7, 11) is 0. The largest absolute Gasteiger partial charge is 0.305 e. The predicted octanol–water partition coefficient (Wildman–Crippen LogP) is 3.49. The van der Waals surface area contributed by atoms with Crippen molar-refractivity contribution in [2.24, 2.45) is 0 Å². The average Bonchev–Trinajstić information content (AvgIpc) is 2.03. The van der Waals surface area contributed by atoms with Crippen LogP contribution in [0.4, 0.5) is 0 Å². The van der Waals surface area contributed by atoms with Gasteiger partial charge in [-0.25, -0.2) is 0 Å². The summed E-state index contributed by atoms with van der Waals surface area (Å²) in [6.45, 7) is 9.50. The maximum absolute atomic E-state index is 7.52. The van der Waals surface area contributed by atoms with Crippen LogP contribution >= 0.6 is 0 Å². The van der Waals surface area contributed by atoms with Crippen LogP contribution in [0, 0.1) is 5.41 Å². The molecule has 12 heavy (non-hydrogen) atoms. The van der Waals surface area contributed by atoms with Crippen molar-refractivity contribution in [3.8, 4) is 0 Å². The molecule has 0 aromatic heterocycles. The fourth-order valence-corrected chi connectivity index (χ4v) is 1.18. The smallest absolute Gasteiger partial charge is 0.0354 e. The molecule has 0 aliphatic rings. The molecule has 66 valence electrons. The van der Waals surface area contributed by atoms with Gasteiger partial charge in [0.05, 0.1) is 0 Å². The van der Waals surface area contributed by atoms with E-state index in [1.807, 2.05) is 26.0 Å². The summed E-state index contributed by atoms with van der Waals surface area (Å²) in [6.07, 6.45) is 6.65. The first kappa shape index (κ1) is 10.9. The molecule has 1 heteroatoms. The van der Waals surface area contributed by atoms with Gasteiger partial charge in [-0.1, -0.05) is 31.7 Å². The lowest BCUT2D eigenvalue weighted by Gasteiger charge is -2.07. The number of hydrogen-bond acceptors (Lipinski definition) is 1. The van der Waals surface area contributed by atoms with Gasteiger partial charge in [0.1, 0.15) is 0 Å². The zero-order chi connectivity index (χ0) is 9.56. The van der Waals surface area contributed by atoms with Gasteiger partial charge in [-0.05, 0) is 31.4 Å². The maximum atomic E-state index is 7.52. The fourth-order valence-electron chi connectivity index (χ4n) is 1.18. The van der Waals surface area contributed by atoms with Crippen molar-refractivity contribution in [2.75, 3.05) is 0 Å². The number of allylic oxidation sites excluding steroid dienone is 5. The summed E-state index contributed by atoms with van der Waals surface area (Å²) in [5.74, 6) is 0. The van der Waals surface area contributed by atoms with Gasteiger partial charge in [-0.2, -0.15) is 0 Å². The zero-order valence-electron chi connectivity index (χ0n) is 8.15. The van der Waals surface area contributed by atoms with Crippen LogP contribution in [-0.4, -0.2) is 5.71 Å². The Labute approximate surface area is 75.0 Å². The normalized spacial score (nSPS) is 12.9. The van der Waals surface area contributed by atoms with E-state index in [1.165, 1.54) is 5.57 Å². The minimum Gasteiger partial charge on any atom is -0.305 e. The molecule has 0 radical (unpaired) electrons. The van der Waals surface area contributed by atoms with Crippen LogP contribution in [0.15, 0.2) is 36.0 Å². The minimum atomic E-state index is 0.618. The molecule has 0 atom stereocenters. The zero-order valence-corrected chi connectivity index (χ0v) is 8.15. The quantitative estimate of drug-likeness (QED) is 0.484. The Hall–Kier alpha value is -1.11. The van der Waals surface area contributed by atoms with Crippen molar-refractivity contribution >= 4 is 5.71 Å². The average molecular weight is 163 g/mol. The Kier molecular flexibility index (Phi) is 5.02. The summed E-state index contributed by atoms with van der Waals surface area (Å²) in [5.41, 5.74) is 2.82. The molecular weight excluding hydrogens is 146 g/mol. The van der Waals surface area contributed by atoms with E-state index in [1.54, 1.807) is 6.08 Å². The first-order chi connectivity index (χ1) is 5.67. The van der Waals surface area contributed by atoms with Crippen LogP contribution in [0.3, 0.4) is 0 Å². The Morgan fingerprint density at radius 3 is 2.33 bits per heavy atom. The third-order valence-electron chi connectivity index (χ3n) is 1.74. The van der Waals surface area contributed by atoms with E-state index in [0.29, 0.717) is 5.71 Å². The van der Waals surface area contributed by atoms with E-state index in [2.05, 4.69) is 13.5 Å². The second-order valence-corrected chi connectivity index (χ2v) is 2.61. The third-order valence-corrected chi connectivity index (χ3v) is 1.74. The first-order valence-corrected chi connectivity index (χ1v) is 4.21. The van der Waals surface area contributed by atoms with Crippen LogP contribution in [0.5, 0.6) is 0 Å². The lowest BCUT2D eigenvalue weighted by Crippen LogP contribution is -1.98. The molecule has 0 aliphatic heterocycles. The molecule has 0 saturated carbocycles. The van der Waals surface area contributed by atoms with E-state index in [0.717, 1.165) is 12.0 Å². The second-order valence-electron chi connectivity index (χ2n) is 2.61. The molecule has 0 heterocycles. The SMILES string of the molecule is C=C/C=C(CC)\C(=C/C)C(C)=N. The van der Waals surface area contributed by atoms with Gasteiger partial charge < -0.3 is 5.41 Å². The van der Waals surface area contributed by atoms with E-state index >= 15 is 0 Å². The van der Waals surface area contributed by atoms with Crippen molar-refractivity contribution < 1.29 is 0 Å². The van der Waals surface area contributed by atoms with E-state index in [4.69, 9.17) is 5.41 Å².